The predicted molar refractivity (Wildman–Crippen MR) is 116 cm³/mol. The van der Waals surface area contributed by atoms with Crippen molar-refractivity contribution in [3.8, 4) is 0 Å². The Morgan fingerprint density at radius 1 is 1.17 bits per heavy atom. The van der Waals surface area contributed by atoms with E-state index in [9.17, 15) is 4.79 Å². The number of carbonyl (C=O) groups is 1. The van der Waals surface area contributed by atoms with Crippen molar-refractivity contribution >= 4 is 18.3 Å². The van der Waals surface area contributed by atoms with E-state index in [-0.39, 0.29) is 35.7 Å². The lowest BCUT2D eigenvalue weighted by molar-refractivity contribution is 0.0914. The summed E-state index contributed by atoms with van der Waals surface area (Å²) in [4.78, 5) is 17.4. The van der Waals surface area contributed by atoms with E-state index < -0.39 is 5.54 Å². The minimum atomic E-state index is -0.504. The molecular formula is C22H33ClN4O2. The maximum Gasteiger partial charge on any atom is 0.251 e. The van der Waals surface area contributed by atoms with Gasteiger partial charge in [-0.1, -0.05) is 64.7 Å². The van der Waals surface area contributed by atoms with E-state index in [0.29, 0.717) is 17.3 Å². The van der Waals surface area contributed by atoms with Gasteiger partial charge >= 0.3 is 0 Å². The van der Waals surface area contributed by atoms with Crippen molar-refractivity contribution < 1.29 is 9.32 Å². The molecule has 0 aliphatic heterocycles. The van der Waals surface area contributed by atoms with Gasteiger partial charge in [0.1, 0.15) is 6.04 Å². The third kappa shape index (κ3) is 5.17. The van der Waals surface area contributed by atoms with E-state index in [1.165, 1.54) is 5.56 Å². The fourth-order valence-electron chi connectivity index (χ4n) is 3.65. The van der Waals surface area contributed by atoms with Gasteiger partial charge < -0.3 is 15.6 Å². The highest BCUT2D eigenvalue weighted by Crippen LogP contribution is 2.35. The fraction of sp³-hybridized carbons (Fsp3) is 0.591. The van der Waals surface area contributed by atoms with Gasteiger partial charge in [0, 0.05) is 5.56 Å². The van der Waals surface area contributed by atoms with E-state index in [2.05, 4.69) is 36.2 Å². The van der Waals surface area contributed by atoms with Gasteiger partial charge in [-0.25, -0.2) is 0 Å². The second-order valence-electron chi connectivity index (χ2n) is 9.34. The number of amides is 1. The zero-order valence-corrected chi connectivity index (χ0v) is 18.8. The van der Waals surface area contributed by atoms with Crippen molar-refractivity contribution in [1.29, 1.82) is 0 Å². The zero-order chi connectivity index (χ0) is 20.5. The van der Waals surface area contributed by atoms with Gasteiger partial charge in [-0.2, -0.15) is 4.98 Å². The molecule has 1 amide bonds. The van der Waals surface area contributed by atoms with E-state index in [0.717, 1.165) is 25.7 Å². The third-order valence-electron chi connectivity index (χ3n) is 5.62. The minimum Gasteiger partial charge on any atom is -0.340 e. The molecule has 2 aromatic rings. The van der Waals surface area contributed by atoms with Gasteiger partial charge in [0.25, 0.3) is 5.91 Å². The molecule has 0 saturated heterocycles. The van der Waals surface area contributed by atoms with Gasteiger partial charge in [0.2, 0.25) is 5.89 Å². The first-order valence-electron chi connectivity index (χ1n) is 10.1. The van der Waals surface area contributed by atoms with E-state index in [1.54, 1.807) is 0 Å². The number of nitrogens with two attached hydrogens (primary N) is 1. The highest BCUT2D eigenvalue weighted by Gasteiger charge is 2.37. The summed E-state index contributed by atoms with van der Waals surface area (Å²) < 4.78 is 5.51. The van der Waals surface area contributed by atoms with Crippen LogP contribution in [0.2, 0.25) is 0 Å². The first-order chi connectivity index (χ1) is 13.1. The number of benzene rings is 1. The Kier molecular flexibility index (Phi) is 7.12. The second-order valence-corrected chi connectivity index (χ2v) is 9.34. The molecule has 6 nitrogen and oxygen atoms in total. The van der Waals surface area contributed by atoms with Crippen molar-refractivity contribution in [2.45, 2.75) is 77.3 Å². The summed E-state index contributed by atoms with van der Waals surface area (Å²) in [5.41, 5.74) is 7.79. The summed E-state index contributed by atoms with van der Waals surface area (Å²) in [7, 11) is 0. The molecule has 1 saturated carbocycles. The fourth-order valence-corrected chi connectivity index (χ4v) is 3.65. The molecule has 1 atom stereocenters. The number of rotatable bonds is 5. The highest BCUT2D eigenvalue weighted by atomic mass is 35.5. The lowest BCUT2D eigenvalue weighted by atomic mass is 9.86. The molecule has 1 heterocycles. The molecule has 3 N–H and O–H groups in total. The Hall–Kier alpha value is -1.92. The number of hydrogen-bond acceptors (Lipinski definition) is 5. The van der Waals surface area contributed by atoms with Gasteiger partial charge in [0.05, 0.1) is 5.54 Å². The maximum absolute atomic E-state index is 12.8. The first kappa shape index (κ1) is 23.4. The average Bonchev–Trinajstić information content (AvgIpc) is 3.29. The molecule has 1 aromatic carbocycles. The molecule has 29 heavy (non-hydrogen) atoms. The van der Waals surface area contributed by atoms with Crippen molar-refractivity contribution in [3.05, 3.63) is 47.1 Å². The van der Waals surface area contributed by atoms with Gasteiger partial charge in [-0.05, 0) is 41.9 Å². The van der Waals surface area contributed by atoms with E-state index in [1.807, 2.05) is 38.1 Å². The average molecular weight is 421 g/mol. The lowest BCUT2D eigenvalue weighted by Gasteiger charge is -2.21. The van der Waals surface area contributed by atoms with Crippen LogP contribution in [-0.4, -0.2) is 16.0 Å². The van der Waals surface area contributed by atoms with Crippen LogP contribution >= 0.6 is 12.4 Å². The first-order valence-corrected chi connectivity index (χ1v) is 10.1. The Morgan fingerprint density at radius 2 is 1.76 bits per heavy atom. The molecule has 0 radical (unpaired) electrons. The molecule has 3 rings (SSSR count). The summed E-state index contributed by atoms with van der Waals surface area (Å²) in [6, 6.07) is 7.37. The molecule has 1 aliphatic rings. The summed E-state index contributed by atoms with van der Waals surface area (Å²) in [6.45, 7) is 10.5. The minimum absolute atomic E-state index is 0. The van der Waals surface area contributed by atoms with Crippen LogP contribution in [0, 0.1) is 5.92 Å². The summed E-state index contributed by atoms with van der Waals surface area (Å²) >= 11 is 0. The van der Waals surface area contributed by atoms with Crippen LogP contribution in [0.4, 0.5) is 0 Å². The Morgan fingerprint density at radius 3 is 2.28 bits per heavy atom. The van der Waals surface area contributed by atoms with Crippen LogP contribution < -0.4 is 11.1 Å². The van der Waals surface area contributed by atoms with Crippen LogP contribution in [-0.2, 0) is 11.0 Å². The van der Waals surface area contributed by atoms with Crippen molar-refractivity contribution in [1.82, 2.24) is 15.5 Å². The standard InChI is InChI=1S/C22H32N4O2.ClH/c1-14(2)17(19-25-20(26-28-19)22(23)12-6-7-13-22)24-18(27)15-8-10-16(11-9-15)21(3,4)5;/h8-11,14,17H,6-7,12-13,23H2,1-5H3,(H,24,27);1H. The molecule has 1 aromatic heterocycles. The number of aromatic nitrogens is 2. The van der Waals surface area contributed by atoms with E-state index in [4.69, 9.17) is 10.3 Å². The third-order valence-corrected chi connectivity index (χ3v) is 5.62. The molecule has 160 valence electrons. The van der Waals surface area contributed by atoms with Crippen molar-refractivity contribution in [2.24, 2.45) is 11.7 Å². The summed E-state index contributed by atoms with van der Waals surface area (Å²) in [5.74, 6) is 0.918. The van der Waals surface area contributed by atoms with Gasteiger partial charge in [-0.3, -0.25) is 4.79 Å². The SMILES string of the molecule is CC(C)C(NC(=O)c1ccc(C(C)(C)C)cc1)c1nc(C2(N)CCCC2)no1.Cl. The maximum atomic E-state index is 12.8. The molecular weight excluding hydrogens is 388 g/mol. The molecule has 1 unspecified atom stereocenters. The topological polar surface area (TPSA) is 94.0 Å². The molecule has 0 spiro atoms. The number of carbonyl (C=O) groups excluding carboxylic acids is 1. The molecule has 1 fully saturated rings. The summed E-state index contributed by atoms with van der Waals surface area (Å²) in [5, 5.41) is 7.18. The quantitative estimate of drug-likeness (QED) is 0.734. The van der Waals surface area contributed by atoms with Gasteiger partial charge in [-0.15, -0.1) is 12.4 Å². The van der Waals surface area contributed by atoms with Gasteiger partial charge in [0.15, 0.2) is 5.82 Å². The van der Waals surface area contributed by atoms with Crippen molar-refractivity contribution in [2.75, 3.05) is 0 Å². The second kappa shape index (κ2) is 8.84. The molecule has 1 aliphatic carbocycles. The normalized spacial score (nSPS) is 17.1. The van der Waals surface area contributed by atoms with E-state index >= 15 is 0 Å². The van der Waals surface area contributed by atoms with Crippen LogP contribution in [0.1, 0.15) is 94.0 Å². The Labute approximate surface area is 179 Å². The number of nitrogens with zero attached hydrogens (tertiary/aromatic N) is 2. The largest absolute Gasteiger partial charge is 0.340 e. The number of halogens is 1. The summed E-state index contributed by atoms with van der Waals surface area (Å²) in [6.07, 6.45) is 3.89. The number of nitrogens with one attached hydrogen (secondary N) is 1. The van der Waals surface area contributed by atoms with Crippen molar-refractivity contribution in [3.63, 3.8) is 0 Å². The predicted octanol–water partition coefficient (Wildman–Crippen LogP) is 4.64. The zero-order valence-electron chi connectivity index (χ0n) is 18.0. The molecule has 7 heteroatoms. The Balaban J connectivity index is 0.00000300. The van der Waals surface area contributed by atoms with Crippen LogP contribution in [0.3, 0.4) is 0 Å². The lowest BCUT2D eigenvalue weighted by Crippen LogP contribution is -2.35. The van der Waals surface area contributed by atoms with Crippen LogP contribution in [0.15, 0.2) is 28.8 Å². The highest BCUT2D eigenvalue weighted by molar-refractivity contribution is 5.94. The van der Waals surface area contributed by atoms with Crippen LogP contribution in [0.25, 0.3) is 0 Å². The van der Waals surface area contributed by atoms with Crippen LogP contribution in [0.5, 0.6) is 0 Å². The molecule has 0 bridgehead atoms. The smallest absolute Gasteiger partial charge is 0.251 e. The Bertz CT molecular complexity index is 818. The monoisotopic (exact) mass is 420 g/mol. The number of hydrogen-bond donors (Lipinski definition) is 2.